The number of benzene rings is 1. The normalized spacial score (nSPS) is 16.0. The lowest BCUT2D eigenvalue weighted by molar-refractivity contribution is -0.121. The summed E-state index contributed by atoms with van der Waals surface area (Å²) in [5.74, 6) is 0.444. The molecule has 1 fully saturated rings. The fourth-order valence-electron chi connectivity index (χ4n) is 4.04. The van der Waals surface area contributed by atoms with Crippen molar-refractivity contribution in [3.63, 3.8) is 0 Å². The number of likely N-dealkylation sites (tertiary alicyclic amines) is 1. The topological polar surface area (TPSA) is 80.1 Å². The van der Waals surface area contributed by atoms with Gasteiger partial charge in [-0.05, 0) is 24.3 Å². The van der Waals surface area contributed by atoms with Gasteiger partial charge in [0.05, 0.1) is 21.4 Å². The van der Waals surface area contributed by atoms with Gasteiger partial charge in [0.1, 0.15) is 0 Å². The zero-order valence-corrected chi connectivity index (χ0v) is 19.7. The monoisotopic (exact) mass is 477 g/mol. The van der Waals surface area contributed by atoms with Crippen molar-refractivity contribution in [2.24, 2.45) is 13.0 Å². The lowest BCUT2D eigenvalue weighted by Crippen LogP contribution is -2.43. The quantitative estimate of drug-likeness (QED) is 0.449. The summed E-state index contributed by atoms with van der Waals surface area (Å²) in [6, 6.07) is 13.6. The van der Waals surface area contributed by atoms with Crippen LogP contribution >= 0.6 is 22.7 Å². The minimum Gasteiger partial charge on any atom is -0.337 e. The molecule has 1 aliphatic rings. The van der Waals surface area contributed by atoms with Crippen molar-refractivity contribution in [3.8, 4) is 22.0 Å². The van der Waals surface area contributed by atoms with E-state index in [1.54, 1.807) is 11.1 Å². The van der Waals surface area contributed by atoms with Crippen LogP contribution in [0.4, 0.5) is 5.13 Å². The van der Waals surface area contributed by atoms with Crippen molar-refractivity contribution in [2.75, 3.05) is 18.4 Å². The van der Waals surface area contributed by atoms with Crippen molar-refractivity contribution in [1.29, 1.82) is 0 Å². The Bertz CT molecular complexity index is 1260. The van der Waals surface area contributed by atoms with Crippen molar-refractivity contribution in [2.45, 2.75) is 12.8 Å². The summed E-state index contributed by atoms with van der Waals surface area (Å²) in [6.45, 7) is 1.10. The number of nitrogens with zero attached hydrogens (tertiary/aromatic N) is 4. The highest BCUT2D eigenvalue weighted by Gasteiger charge is 2.30. The molecule has 0 bridgehead atoms. The van der Waals surface area contributed by atoms with Gasteiger partial charge in [-0.1, -0.05) is 47.7 Å². The van der Waals surface area contributed by atoms with Crippen LogP contribution in [0.15, 0.2) is 60.2 Å². The predicted octanol–water partition coefficient (Wildman–Crippen LogP) is 4.76. The van der Waals surface area contributed by atoms with Crippen molar-refractivity contribution < 1.29 is 9.59 Å². The van der Waals surface area contributed by atoms with E-state index >= 15 is 0 Å². The number of imidazole rings is 1. The highest BCUT2D eigenvalue weighted by Crippen LogP contribution is 2.38. The van der Waals surface area contributed by atoms with Gasteiger partial charge in [-0.25, -0.2) is 9.97 Å². The van der Waals surface area contributed by atoms with Crippen LogP contribution in [-0.4, -0.2) is 44.3 Å². The molecule has 1 aromatic carbocycles. The first kappa shape index (κ1) is 21.5. The molecule has 3 aromatic heterocycles. The number of aromatic nitrogens is 3. The first-order valence-corrected chi connectivity index (χ1v) is 12.5. The molecule has 4 aromatic rings. The molecule has 0 unspecified atom stereocenters. The first-order chi connectivity index (χ1) is 16.1. The summed E-state index contributed by atoms with van der Waals surface area (Å²) < 4.78 is 1.95. The number of anilines is 1. The van der Waals surface area contributed by atoms with Crippen molar-refractivity contribution >= 4 is 39.6 Å². The van der Waals surface area contributed by atoms with Gasteiger partial charge < -0.3 is 14.8 Å². The number of nitrogens with one attached hydrogen (secondary N) is 1. The lowest BCUT2D eigenvalue weighted by atomic mass is 9.97. The minimum atomic E-state index is -0.261. The fourth-order valence-corrected chi connectivity index (χ4v) is 5.76. The van der Waals surface area contributed by atoms with E-state index in [2.05, 4.69) is 10.3 Å². The molecule has 0 saturated carbocycles. The Hall–Kier alpha value is -3.30. The fraction of sp³-hybridized carbons (Fsp3) is 0.250. The van der Waals surface area contributed by atoms with Gasteiger partial charge in [-0.3, -0.25) is 9.59 Å². The Labute approximate surface area is 199 Å². The molecule has 7 nitrogen and oxygen atoms in total. The van der Waals surface area contributed by atoms with Gasteiger partial charge in [0, 0.05) is 38.1 Å². The third kappa shape index (κ3) is 4.46. The van der Waals surface area contributed by atoms with Crippen LogP contribution in [0.5, 0.6) is 0 Å². The molecule has 0 aliphatic carbocycles. The van der Waals surface area contributed by atoms with Crippen LogP contribution in [0.1, 0.15) is 22.5 Å². The smallest absolute Gasteiger partial charge is 0.263 e. The van der Waals surface area contributed by atoms with Crippen LogP contribution in [-0.2, 0) is 11.8 Å². The first-order valence-electron chi connectivity index (χ1n) is 10.8. The largest absolute Gasteiger partial charge is 0.337 e. The van der Waals surface area contributed by atoms with E-state index in [9.17, 15) is 9.59 Å². The minimum absolute atomic E-state index is 0.000167. The average Bonchev–Trinajstić information content (AvgIpc) is 3.60. The molecule has 168 valence electrons. The second-order valence-electron chi connectivity index (χ2n) is 7.98. The van der Waals surface area contributed by atoms with Crippen molar-refractivity contribution in [3.05, 3.63) is 65.1 Å². The van der Waals surface area contributed by atoms with E-state index in [0.717, 1.165) is 34.8 Å². The van der Waals surface area contributed by atoms with E-state index in [-0.39, 0.29) is 17.7 Å². The zero-order chi connectivity index (χ0) is 22.8. The second kappa shape index (κ2) is 9.29. The van der Waals surface area contributed by atoms with E-state index in [0.29, 0.717) is 23.1 Å². The lowest BCUT2D eigenvalue weighted by Gasteiger charge is -2.31. The molecule has 4 heterocycles. The summed E-state index contributed by atoms with van der Waals surface area (Å²) in [7, 11) is 1.94. The van der Waals surface area contributed by atoms with Crippen LogP contribution in [0.3, 0.4) is 0 Å². The van der Waals surface area contributed by atoms with E-state index in [1.165, 1.54) is 22.7 Å². The summed E-state index contributed by atoms with van der Waals surface area (Å²) in [4.78, 5) is 38.5. The van der Waals surface area contributed by atoms with Gasteiger partial charge in [-0.2, -0.15) is 0 Å². The van der Waals surface area contributed by atoms with Gasteiger partial charge in [0.15, 0.2) is 11.0 Å². The molecule has 0 radical (unpaired) electrons. The van der Waals surface area contributed by atoms with Gasteiger partial charge in [0.25, 0.3) is 5.91 Å². The highest BCUT2D eigenvalue weighted by molar-refractivity contribution is 7.19. The number of rotatable bonds is 5. The number of thiazole rings is 1. The maximum atomic E-state index is 13.1. The number of hydrogen-bond donors (Lipinski definition) is 1. The zero-order valence-electron chi connectivity index (χ0n) is 18.1. The highest BCUT2D eigenvalue weighted by atomic mass is 32.1. The number of piperidine rings is 1. The Morgan fingerprint density at radius 3 is 2.73 bits per heavy atom. The Morgan fingerprint density at radius 2 is 2.00 bits per heavy atom. The predicted molar refractivity (Wildman–Crippen MR) is 131 cm³/mol. The number of thiophene rings is 1. The maximum Gasteiger partial charge on any atom is 0.263 e. The Balaban J connectivity index is 1.37. The number of amides is 2. The summed E-state index contributed by atoms with van der Waals surface area (Å²) in [5.41, 5.74) is 1.76. The molecule has 9 heteroatoms. The maximum absolute atomic E-state index is 13.1. The average molecular weight is 478 g/mol. The standard InChI is InChI=1S/C24H23N5O2S2/c1-28-13-11-25-21(28)20-19(16-7-3-2-4-8-16)26-24(33-20)27-22(30)17-9-5-12-29(15-17)23(31)18-10-6-14-32-18/h2-4,6-8,10-11,13-14,17H,5,9,12,15H2,1H3,(H,26,27,30)/t17-/m0/s1. The molecule has 1 atom stereocenters. The number of carbonyl (C=O) groups excluding carboxylic acids is 2. The summed E-state index contributed by atoms with van der Waals surface area (Å²) in [5, 5.41) is 5.45. The van der Waals surface area contributed by atoms with Crippen molar-refractivity contribution in [1.82, 2.24) is 19.4 Å². The second-order valence-corrected chi connectivity index (χ2v) is 9.93. The molecule has 5 rings (SSSR count). The number of aryl methyl sites for hydroxylation is 1. The van der Waals surface area contributed by atoms with Gasteiger partial charge in [-0.15, -0.1) is 11.3 Å². The Morgan fingerprint density at radius 1 is 1.15 bits per heavy atom. The molecule has 1 aliphatic heterocycles. The SMILES string of the molecule is Cn1ccnc1-c1sc(NC(=O)[C@H]2CCCN(C(=O)c3cccs3)C2)nc1-c1ccccc1. The third-order valence-corrected chi connectivity index (χ3v) is 7.56. The number of carbonyl (C=O) groups is 2. The van der Waals surface area contributed by atoms with E-state index in [1.807, 2.05) is 65.7 Å². The van der Waals surface area contributed by atoms with Gasteiger partial charge in [0.2, 0.25) is 5.91 Å². The van der Waals surface area contributed by atoms with Crippen LogP contribution in [0, 0.1) is 5.92 Å². The molecule has 0 spiro atoms. The van der Waals surface area contributed by atoms with Crippen LogP contribution < -0.4 is 5.32 Å². The van der Waals surface area contributed by atoms with E-state index < -0.39 is 0 Å². The molecular weight excluding hydrogens is 454 g/mol. The van der Waals surface area contributed by atoms with Crippen LogP contribution in [0.2, 0.25) is 0 Å². The Kier molecular flexibility index (Phi) is 6.06. The molecule has 2 amide bonds. The third-order valence-electron chi connectivity index (χ3n) is 5.74. The number of hydrogen-bond acceptors (Lipinski definition) is 6. The molecule has 33 heavy (non-hydrogen) atoms. The summed E-state index contributed by atoms with van der Waals surface area (Å²) >= 11 is 2.85. The molecular formula is C24H23N5O2S2. The summed E-state index contributed by atoms with van der Waals surface area (Å²) in [6.07, 6.45) is 5.21. The van der Waals surface area contributed by atoms with E-state index in [4.69, 9.17) is 4.98 Å². The van der Waals surface area contributed by atoms with Crippen LogP contribution in [0.25, 0.3) is 22.0 Å². The molecule has 1 N–H and O–H groups in total. The van der Waals surface area contributed by atoms with Gasteiger partial charge >= 0.3 is 0 Å². The molecule has 1 saturated heterocycles.